The van der Waals surface area contributed by atoms with Crippen molar-refractivity contribution in [3.63, 3.8) is 0 Å². The highest BCUT2D eigenvalue weighted by Gasteiger charge is 2.28. The fourth-order valence-electron chi connectivity index (χ4n) is 3.73. The molecular formula is C23H19F3N2O3. The quantitative estimate of drug-likeness (QED) is 0.401. The minimum atomic E-state index is -5.19. The summed E-state index contributed by atoms with van der Waals surface area (Å²) in [6, 6.07) is 16.8. The molecule has 5 nitrogen and oxygen atoms in total. The molecule has 0 N–H and O–H groups in total. The van der Waals surface area contributed by atoms with Crippen molar-refractivity contribution in [3.8, 4) is 0 Å². The fraction of sp³-hybridized carbons (Fsp3) is 0.217. The van der Waals surface area contributed by atoms with Crippen LogP contribution in [0.3, 0.4) is 0 Å². The molecule has 0 bridgehead atoms. The van der Waals surface area contributed by atoms with Gasteiger partial charge in [-0.25, -0.2) is 4.57 Å². The van der Waals surface area contributed by atoms with Crippen LogP contribution in [0.25, 0.3) is 38.5 Å². The van der Waals surface area contributed by atoms with Gasteiger partial charge in [0.05, 0.1) is 11.9 Å². The number of unbranched alkanes of at least 4 members (excludes halogenated alkanes) is 1. The molecule has 0 aliphatic heterocycles. The molecule has 2 aromatic carbocycles. The van der Waals surface area contributed by atoms with Crippen molar-refractivity contribution in [1.29, 1.82) is 0 Å². The van der Waals surface area contributed by atoms with E-state index in [0.29, 0.717) is 0 Å². The van der Waals surface area contributed by atoms with Crippen LogP contribution in [-0.2, 0) is 11.3 Å². The lowest BCUT2D eigenvalue weighted by atomic mass is 10.1. The van der Waals surface area contributed by atoms with Crippen LogP contribution in [0, 0.1) is 0 Å². The first kappa shape index (κ1) is 20.7. The third-order valence-electron chi connectivity index (χ3n) is 5.11. The predicted molar refractivity (Wildman–Crippen MR) is 108 cm³/mol. The lowest BCUT2D eigenvalue weighted by molar-refractivity contribution is -0.670. The topological polar surface area (TPSA) is 61.6 Å². The third-order valence-corrected chi connectivity index (χ3v) is 5.11. The van der Waals surface area contributed by atoms with Gasteiger partial charge in [0.15, 0.2) is 5.58 Å². The molecule has 0 saturated heterocycles. The molecule has 0 aliphatic carbocycles. The van der Waals surface area contributed by atoms with E-state index in [-0.39, 0.29) is 0 Å². The number of carbonyl (C=O) groups excluding carboxylic acids is 1. The predicted octanol–water partition coefficient (Wildman–Crippen LogP) is 4.38. The molecule has 0 saturated carbocycles. The Balaban J connectivity index is 0.000000289. The molecule has 5 rings (SSSR count). The number of rotatable bonds is 3. The molecule has 160 valence electrons. The van der Waals surface area contributed by atoms with Crippen molar-refractivity contribution < 1.29 is 32.1 Å². The maximum Gasteiger partial charge on any atom is 0.430 e. The molecule has 0 aliphatic rings. The lowest BCUT2D eigenvalue weighted by Crippen LogP contribution is -2.37. The standard InChI is InChI=1S/C21H19N2O.C2HF3O2/c1-2-3-12-22-13-14-23-17-10-6-4-8-15(17)20-19(21(22)23)16-9-5-7-11-18(16)24-20;3-2(4,5)1(6)7/h4-11,13-14H,2-3,12H2,1H3;(H,6,7)/q+1;/p-1. The maximum atomic E-state index is 10.5. The summed E-state index contributed by atoms with van der Waals surface area (Å²) in [5.74, 6) is -3.01. The summed E-state index contributed by atoms with van der Waals surface area (Å²) in [6.45, 7) is 3.26. The minimum absolute atomic E-state index is 0.953. The number of aromatic nitrogens is 2. The van der Waals surface area contributed by atoms with Gasteiger partial charge in [0.2, 0.25) is 0 Å². The van der Waals surface area contributed by atoms with E-state index in [4.69, 9.17) is 14.3 Å². The number of imidazole rings is 1. The van der Waals surface area contributed by atoms with Crippen molar-refractivity contribution in [2.45, 2.75) is 32.5 Å². The highest BCUT2D eigenvalue weighted by Crippen LogP contribution is 2.36. The first-order valence-corrected chi connectivity index (χ1v) is 9.83. The number of alkyl halides is 3. The first-order chi connectivity index (χ1) is 14.8. The summed E-state index contributed by atoms with van der Waals surface area (Å²) in [5.41, 5.74) is 4.36. The summed E-state index contributed by atoms with van der Waals surface area (Å²) in [7, 11) is 0. The van der Waals surface area contributed by atoms with E-state index in [0.717, 1.165) is 23.1 Å². The van der Waals surface area contributed by atoms with Crippen LogP contribution in [0.4, 0.5) is 13.2 Å². The van der Waals surface area contributed by atoms with Crippen LogP contribution in [0.5, 0.6) is 0 Å². The van der Waals surface area contributed by atoms with E-state index in [1.54, 1.807) is 0 Å². The number of carboxylic acid groups (broad SMARTS) is 1. The summed E-state index contributed by atoms with van der Waals surface area (Å²) < 4.78 is 42.5. The zero-order chi connectivity index (χ0) is 22.2. The number of aryl methyl sites for hydroxylation is 1. The Labute approximate surface area is 174 Å². The number of fused-ring (bicyclic) bond motifs is 8. The second-order valence-electron chi connectivity index (χ2n) is 7.14. The van der Waals surface area contributed by atoms with Crippen molar-refractivity contribution >= 4 is 44.5 Å². The van der Waals surface area contributed by atoms with E-state index >= 15 is 0 Å². The molecule has 0 fully saturated rings. The van der Waals surface area contributed by atoms with Crippen LogP contribution in [0.15, 0.2) is 65.3 Å². The van der Waals surface area contributed by atoms with E-state index < -0.39 is 12.1 Å². The minimum Gasteiger partial charge on any atom is -0.542 e. The number of para-hydroxylation sites is 2. The number of hydrogen-bond donors (Lipinski definition) is 0. The van der Waals surface area contributed by atoms with E-state index in [9.17, 15) is 13.2 Å². The van der Waals surface area contributed by atoms with Gasteiger partial charge in [-0.05, 0) is 24.6 Å². The molecule has 5 aromatic rings. The van der Waals surface area contributed by atoms with Gasteiger partial charge in [-0.15, -0.1) is 0 Å². The number of benzene rings is 2. The monoisotopic (exact) mass is 428 g/mol. The molecule has 0 spiro atoms. The summed E-state index contributed by atoms with van der Waals surface area (Å²) in [5, 5.41) is 12.3. The van der Waals surface area contributed by atoms with Gasteiger partial charge in [-0.2, -0.15) is 17.6 Å². The van der Waals surface area contributed by atoms with E-state index in [1.165, 1.54) is 34.8 Å². The van der Waals surface area contributed by atoms with E-state index in [1.807, 2.05) is 6.07 Å². The zero-order valence-corrected chi connectivity index (χ0v) is 16.6. The number of pyridine rings is 1. The summed E-state index contributed by atoms with van der Waals surface area (Å²) in [6.07, 6.45) is 1.54. The van der Waals surface area contributed by atoms with Gasteiger partial charge in [-0.3, -0.25) is 0 Å². The number of hydrogen-bond acceptors (Lipinski definition) is 3. The Morgan fingerprint density at radius 3 is 2.42 bits per heavy atom. The number of furan rings is 1. The summed E-state index contributed by atoms with van der Waals surface area (Å²) >= 11 is 0. The van der Waals surface area contributed by atoms with Crippen LogP contribution in [-0.4, -0.2) is 16.5 Å². The molecule has 8 heteroatoms. The number of nitrogens with zero attached hydrogens (tertiary/aromatic N) is 2. The van der Waals surface area contributed by atoms with Gasteiger partial charge < -0.3 is 14.3 Å². The molecule has 31 heavy (non-hydrogen) atoms. The Kier molecular flexibility index (Phi) is 5.31. The van der Waals surface area contributed by atoms with Crippen LogP contribution < -0.4 is 9.67 Å². The average molecular weight is 428 g/mol. The largest absolute Gasteiger partial charge is 0.542 e. The number of carboxylic acids is 1. The van der Waals surface area contributed by atoms with Gasteiger partial charge in [0.1, 0.15) is 34.8 Å². The second-order valence-corrected chi connectivity index (χ2v) is 7.14. The highest BCUT2D eigenvalue weighted by atomic mass is 19.4. The van der Waals surface area contributed by atoms with Gasteiger partial charge in [0, 0.05) is 5.39 Å². The van der Waals surface area contributed by atoms with Gasteiger partial charge in [0.25, 0.3) is 5.65 Å². The lowest BCUT2D eigenvalue weighted by Gasteiger charge is -2.03. The van der Waals surface area contributed by atoms with Crippen molar-refractivity contribution in [3.05, 3.63) is 60.9 Å². The van der Waals surface area contributed by atoms with Gasteiger partial charge in [-0.1, -0.05) is 43.7 Å². The number of halogens is 3. The number of aliphatic carboxylic acids is 1. The Morgan fingerprint density at radius 1 is 1.10 bits per heavy atom. The fourth-order valence-corrected chi connectivity index (χ4v) is 3.73. The van der Waals surface area contributed by atoms with Crippen LogP contribution in [0.1, 0.15) is 19.8 Å². The third kappa shape index (κ3) is 3.69. The SMILES string of the molecule is CCCC[n+]1ccn2c3ccccc3c3oc4ccccc4c3c21.O=C([O-])C(F)(F)F. The summed E-state index contributed by atoms with van der Waals surface area (Å²) in [4.78, 5) is 8.78. The van der Waals surface area contributed by atoms with Crippen LogP contribution in [0.2, 0.25) is 0 Å². The Hall–Kier alpha value is -3.55. The molecule has 3 aromatic heterocycles. The molecule has 0 amide bonds. The highest BCUT2D eigenvalue weighted by molar-refractivity contribution is 6.19. The molecule has 0 unspecified atom stereocenters. The normalized spacial score (nSPS) is 11.9. The molecule has 0 atom stereocenters. The Morgan fingerprint density at radius 2 is 1.74 bits per heavy atom. The van der Waals surface area contributed by atoms with E-state index in [2.05, 4.69) is 70.7 Å². The Bertz CT molecular complexity index is 1400. The van der Waals surface area contributed by atoms with Crippen molar-refractivity contribution in [1.82, 2.24) is 4.40 Å². The molecule has 0 radical (unpaired) electrons. The van der Waals surface area contributed by atoms with Gasteiger partial charge >= 0.3 is 6.18 Å². The molecule has 3 heterocycles. The second kappa shape index (κ2) is 7.94. The molecular weight excluding hydrogens is 409 g/mol. The average Bonchev–Trinajstić information content (AvgIpc) is 3.33. The number of carbonyl (C=O) groups is 1. The van der Waals surface area contributed by atoms with Crippen molar-refractivity contribution in [2.75, 3.05) is 0 Å². The first-order valence-electron chi connectivity index (χ1n) is 9.83. The smallest absolute Gasteiger partial charge is 0.430 e. The maximum absolute atomic E-state index is 10.5. The van der Waals surface area contributed by atoms with Crippen molar-refractivity contribution in [2.24, 2.45) is 0 Å². The zero-order valence-electron chi connectivity index (χ0n) is 16.6. The van der Waals surface area contributed by atoms with Crippen LogP contribution >= 0.6 is 0 Å².